The van der Waals surface area contributed by atoms with Crippen LogP contribution in [0.3, 0.4) is 0 Å². The lowest BCUT2D eigenvalue weighted by molar-refractivity contribution is 0.316. The highest BCUT2D eigenvalue weighted by molar-refractivity contribution is 7.89. The van der Waals surface area contributed by atoms with Crippen molar-refractivity contribution in [3.63, 3.8) is 0 Å². The second-order valence-corrected chi connectivity index (χ2v) is 6.66. The Labute approximate surface area is 131 Å². The molecule has 10 heteroatoms. The van der Waals surface area contributed by atoms with Crippen LogP contribution in [-0.4, -0.2) is 25.5 Å². The molecule has 0 aliphatic carbocycles. The summed E-state index contributed by atoms with van der Waals surface area (Å²) in [6.07, 6.45) is 0.378. The molecule has 0 fully saturated rings. The van der Waals surface area contributed by atoms with Crippen molar-refractivity contribution in [1.29, 1.82) is 0 Å². The minimum absolute atomic E-state index is 0.0000784. The van der Waals surface area contributed by atoms with E-state index in [1.165, 1.54) is 0 Å². The number of hydrogen-bond acceptors (Lipinski definition) is 4. The SMILES string of the molecule is CCC(C/C(N)=N/O)NS(=O)(=O)c1ccc(Cl)c(F)c1Cl. The van der Waals surface area contributed by atoms with Gasteiger partial charge in [0.05, 0.1) is 10.0 Å². The fourth-order valence-electron chi connectivity index (χ4n) is 1.56. The number of amidine groups is 1. The largest absolute Gasteiger partial charge is 0.409 e. The van der Waals surface area contributed by atoms with Gasteiger partial charge in [0.1, 0.15) is 10.7 Å². The number of oxime groups is 1. The number of sulfonamides is 1. The van der Waals surface area contributed by atoms with Gasteiger partial charge < -0.3 is 10.9 Å². The lowest BCUT2D eigenvalue weighted by Crippen LogP contribution is -2.37. The summed E-state index contributed by atoms with van der Waals surface area (Å²) in [6, 6.07) is 1.58. The maximum absolute atomic E-state index is 13.6. The molecule has 1 aromatic rings. The third-order valence-electron chi connectivity index (χ3n) is 2.69. The zero-order chi connectivity index (χ0) is 16.2. The van der Waals surface area contributed by atoms with Gasteiger partial charge in [-0.2, -0.15) is 0 Å². The number of halogens is 3. The van der Waals surface area contributed by atoms with E-state index in [-0.39, 0.29) is 17.3 Å². The van der Waals surface area contributed by atoms with E-state index >= 15 is 0 Å². The third-order valence-corrected chi connectivity index (χ3v) is 5.02. The first-order valence-corrected chi connectivity index (χ1v) is 8.09. The molecule has 0 saturated carbocycles. The van der Waals surface area contributed by atoms with Crippen LogP contribution in [0.5, 0.6) is 0 Å². The standard InChI is InChI=1S/C11H14Cl2FN3O3S/c1-2-6(5-9(15)16-18)17-21(19,20)8-4-3-7(12)11(14)10(8)13/h3-4,6,17-18H,2,5H2,1H3,(H2,15,16). The van der Waals surface area contributed by atoms with E-state index in [4.69, 9.17) is 34.1 Å². The molecular formula is C11H14Cl2FN3O3S. The Bertz CT molecular complexity index is 652. The zero-order valence-corrected chi connectivity index (χ0v) is 13.3. The summed E-state index contributed by atoms with van der Waals surface area (Å²) in [5.41, 5.74) is 5.34. The molecule has 0 spiro atoms. The maximum Gasteiger partial charge on any atom is 0.242 e. The lowest BCUT2D eigenvalue weighted by atomic mass is 10.1. The molecule has 6 nitrogen and oxygen atoms in total. The first-order chi connectivity index (χ1) is 9.72. The summed E-state index contributed by atoms with van der Waals surface area (Å²) in [4.78, 5) is -0.427. The molecule has 1 unspecified atom stereocenters. The summed E-state index contributed by atoms with van der Waals surface area (Å²) in [7, 11) is -4.07. The van der Waals surface area contributed by atoms with Gasteiger partial charge in [-0.15, -0.1) is 0 Å². The number of rotatable bonds is 6. The third kappa shape index (κ3) is 4.44. The second-order valence-electron chi connectivity index (χ2n) is 4.20. The van der Waals surface area contributed by atoms with Crippen LogP contribution < -0.4 is 10.5 Å². The van der Waals surface area contributed by atoms with Crippen LogP contribution in [0.1, 0.15) is 19.8 Å². The molecule has 0 amide bonds. The van der Waals surface area contributed by atoms with Crippen molar-refractivity contribution < 1.29 is 18.0 Å². The molecule has 1 rings (SSSR count). The molecular weight excluding hydrogens is 344 g/mol. The molecule has 0 bridgehead atoms. The van der Waals surface area contributed by atoms with Crippen LogP contribution in [0, 0.1) is 5.82 Å². The molecule has 0 heterocycles. The maximum atomic E-state index is 13.6. The first kappa shape index (κ1) is 18.0. The van der Waals surface area contributed by atoms with Gasteiger partial charge in [0.15, 0.2) is 5.82 Å². The molecule has 0 radical (unpaired) electrons. The molecule has 21 heavy (non-hydrogen) atoms. The predicted octanol–water partition coefficient (Wildman–Crippen LogP) is 2.33. The number of benzene rings is 1. The topological polar surface area (TPSA) is 105 Å². The van der Waals surface area contributed by atoms with E-state index in [2.05, 4.69) is 9.88 Å². The molecule has 1 atom stereocenters. The van der Waals surface area contributed by atoms with Crippen molar-refractivity contribution in [1.82, 2.24) is 4.72 Å². The molecule has 0 saturated heterocycles. The molecule has 0 aliphatic heterocycles. The Hall–Kier alpha value is -1.09. The van der Waals surface area contributed by atoms with Crippen molar-refractivity contribution >= 4 is 39.1 Å². The predicted molar refractivity (Wildman–Crippen MR) is 78.8 cm³/mol. The van der Waals surface area contributed by atoms with Gasteiger partial charge in [-0.05, 0) is 18.6 Å². The highest BCUT2D eigenvalue weighted by Gasteiger charge is 2.25. The number of hydrogen-bond donors (Lipinski definition) is 3. The van der Waals surface area contributed by atoms with Crippen LogP contribution in [-0.2, 0) is 10.0 Å². The van der Waals surface area contributed by atoms with Crippen LogP contribution >= 0.6 is 23.2 Å². The molecule has 4 N–H and O–H groups in total. The van der Waals surface area contributed by atoms with E-state index < -0.39 is 31.8 Å². The van der Waals surface area contributed by atoms with Gasteiger partial charge in [0.2, 0.25) is 10.0 Å². The fraction of sp³-hybridized carbons (Fsp3) is 0.364. The van der Waals surface area contributed by atoms with E-state index in [9.17, 15) is 12.8 Å². The Morgan fingerprint density at radius 1 is 1.52 bits per heavy atom. The van der Waals surface area contributed by atoms with Gasteiger partial charge in [0, 0.05) is 12.5 Å². The van der Waals surface area contributed by atoms with E-state index in [1.54, 1.807) is 6.92 Å². The number of nitrogens with two attached hydrogens (primary N) is 1. The van der Waals surface area contributed by atoms with E-state index in [1.807, 2.05) is 0 Å². The average Bonchev–Trinajstić information content (AvgIpc) is 2.43. The van der Waals surface area contributed by atoms with Crippen LogP contribution in [0.15, 0.2) is 22.2 Å². The second kappa shape index (κ2) is 7.26. The van der Waals surface area contributed by atoms with Gasteiger partial charge >= 0.3 is 0 Å². The van der Waals surface area contributed by atoms with Crippen molar-refractivity contribution in [3.05, 3.63) is 28.0 Å². The van der Waals surface area contributed by atoms with Crippen LogP contribution in [0.4, 0.5) is 4.39 Å². The van der Waals surface area contributed by atoms with Crippen molar-refractivity contribution in [2.24, 2.45) is 10.9 Å². The van der Waals surface area contributed by atoms with Crippen LogP contribution in [0.25, 0.3) is 0 Å². The van der Waals surface area contributed by atoms with E-state index in [0.717, 1.165) is 12.1 Å². The Kier molecular flexibility index (Phi) is 6.21. The normalized spacial score (nSPS) is 14.2. The van der Waals surface area contributed by atoms with E-state index in [0.29, 0.717) is 6.42 Å². The minimum Gasteiger partial charge on any atom is -0.409 e. The van der Waals surface area contributed by atoms with Gasteiger partial charge in [-0.1, -0.05) is 35.3 Å². The highest BCUT2D eigenvalue weighted by atomic mass is 35.5. The molecule has 1 aromatic carbocycles. The number of nitrogens with one attached hydrogen (secondary N) is 1. The quantitative estimate of drug-likeness (QED) is 0.239. The summed E-state index contributed by atoms with van der Waals surface area (Å²) >= 11 is 11.2. The molecule has 0 aromatic heterocycles. The fourth-order valence-corrected chi connectivity index (χ4v) is 3.63. The smallest absolute Gasteiger partial charge is 0.242 e. The van der Waals surface area contributed by atoms with Crippen molar-refractivity contribution in [3.8, 4) is 0 Å². The van der Waals surface area contributed by atoms with Gasteiger partial charge in [-0.25, -0.2) is 17.5 Å². The monoisotopic (exact) mass is 357 g/mol. The van der Waals surface area contributed by atoms with Crippen molar-refractivity contribution in [2.45, 2.75) is 30.7 Å². The van der Waals surface area contributed by atoms with Gasteiger partial charge in [-0.3, -0.25) is 0 Å². The highest BCUT2D eigenvalue weighted by Crippen LogP contribution is 2.29. The summed E-state index contributed by atoms with van der Waals surface area (Å²) in [5, 5.41) is 10.4. The summed E-state index contributed by atoms with van der Waals surface area (Å²) < 4.78 is 40.3. The molecule has 118 valence electrons. The Morgan fingerprint density at radius 3 is 2.67 bits per heavy atom. The van der Waals surface area contributed by atoms with Gasteiger partial charge in [0.25, 0.3) is 0 Å². The number of nitrogens with zero attached hydrogens (tertiary/aromatic N) is 1. The summed E-state index contributed by atoms with van der Waals surface area (Å²) in [5.74, 6) is -1.14. The molecule has 0 aliphatic rings. The Morgan fingerprint density at radius 2 is 2.14 bits per heavy atom. The van der Waals surface area contributed by atoms with Crippen LogP contribution in [0.2, 0.25) is 10.0 Å². The average molecular weight is 358 g/mol. The Balaban J connectivity index is 3.09. The first-order valence-electron chi connectivity index (χ1n) is 5.85. The summed E-state index contributed by atoms with van der Waals surface area (Å²) in [6.45, 7) is 1.71. The minimum atomic E-state index is -4.07. The van der Waals surface area contributed by atoms with Crippen molar-refractivity contribution in [2.75, 3.05) is 0 Å². The zero-order valence-electron chi connectivity index (χ0n) is 11.0. The lowest BCUT2D eigenvalue weighted by Gasteiger charge is -2.17.